The molecule has 0 saturated heterocycles. The fourth-order valence-electron chi connectivity index (χ4n) is 5.37. The van der Waals surface area contributed by atoms with E-state index in [1.807, 2.05) is 45.0 Å². The van der Waals surface area contributed by atoms with Crippen molar-refractivity contribution in [1.82, 2.24) is 10.3 Å². The summed E-state index contributed by atoms with van der Waals surface area (Å²) in [5.74, 6) is 0.424. The highest BCUT2D eigenvalue weighted by molar-refractivity contribution is 5.93. The standard InChI is InChI=1S/C33H40N4O2/c1-32(2,3)31(39)37-26-15-9-22(10-16-26)19-29(38)36-27-20-28(23-7-5-4-6-8-23)30(35-21-27)24-11-13-25(14-12-24)33(34)17-18-33/h4-8,11-14,20-22,26H,9-10,15-19,34H2,1-3H3,(H,36,38)(H,37,39). The van der Waals surface area contributed by atoms with Crippen LogP contribution in [0, 0.1) is 11.3 Å². The molecule has 2 fully saturated rings. The van der Waals surface area contributed by atoms with Crippen molar-refractivity contribution in [3.8, 4) is 22.4 Å². The van der Waals surface area contributed by atoms with Crippen LogP contribution in [0.2, 0.25) is 0 Å². The van der Waals surface area contributed by atoms with E-state index in [-0.39, 0.29) is 28.8 Å². The SMILES string of the molecule is CC(C)(C)C(=O)NC1CCC(CC(=O)Nc2cnc(-c3ccc(C4(N)CC4)cc3)c(-c3ccccc3)c2)CC1. The van der Waals surface area contributed by atoms with Crippen LogP contribution in [0.25, 0.3) is 22.4 Å². The third-order valence-corrected chi connectivity index (χ3v) is 8.12. The predicted molar refractivity (Wildman–Crippen MR) is 157 cm³/mol. The van der Waals surface area contributed by atoms with Gasteiger partial charge in [-0.15, -0.1) is 0 Å². The molecule has 0 aliphatic heterocycles. The Balaban J connectivity index is 1.25. The van der Waals surface area contributed by atoms with E-state index in [0.29, 0.717) is 18.0 Å². The molecule has 0 unspecified atom stereocenters. The van der Waals surface area contributed by atoms with Gasteiger partial charge in [-0.05, 0) is 61.6 Å². The number of nitrogens with two attached hydrogens (primary N) is 1. The second-order valence-electron chi connectivity index (χ2n) is 12.4. The molecule has 2 saturated carbocycles. The van der Waals surface area contributed by atoms with Crippen LogP contribution >= 0.6 is 0 Å². The first-order valence-electron chi connectivity index (χ1n) is 14.2. The molecule has 2 aromatic carbocycles. The highest BCUT2D eigenvalue weighted by Crippen LogP contribution is 2.43. The lowest BCUT2D eigenvalue weighted by Crippen LogP contribution is -2.43. The molecule has 3 aromatic rings. The van der Waals surface area contributed by atoms with Gasteiger partial charge in [0.2, 0.25) is 11.8 Å². The second-order valence-corrected chi connectivity index (χ2v) is 12.4. The number of pyridine rings is 1. The third-order valence-electron chi connectivity index (χ3n) is 8.12. The molecule has 6 heteroatoms. The van der Waals surface area contributed by atoms with Crippen LogP contribution in [-0.4, -0.2) is 22.8 Å². The van der Waals surface area contributed by atoms with E-state index in [2.05, 4.69) is 47.0 Å². The van der Waals surface area contributed by atoms with Gasteiger partial charge in [-0.3, -0.25) is 14.6 Å². The molecule has 0 spiro atoms. The number of aromatic nitrogens is 1. The molecule has 1 heterocycles. The fourth-order valence-corrected chi connectivity index (χ4v) is 5.37. The van der Waals surface area contributed by atoms with Crippen LogP contribution in [0.4, 0.5) is 5.69 Å². The molecular weight excluding hydrogens is 484 g/mol. The fraction of sp³-hybridized carbons (Fsp3) is 0.424. The molecular formula is C33H40N4O2. The van der Waals surface area contributed by atoms with Gasteiger partial charge in [0.05, 0.1) is 17.6 Å². The lowest BCUT2D eigenvalue weighted by molar-refractivity contribution is -0.129. The first kappa shape index (κ1) is 27.1. The maximum Gasteiger partial charge on any atom is 0.225 e. The topological polar surface area (TPSA) is 97.1 Å². The summed E-state index contributed by atoms with van der Waals surface area (Å²) in [6.07, 6.45) is 8.00. The normalized spacial score (nSPS) is 20.2. The molecule has 39 heavy (non-hydrogen) atoms. The minimum absolute atomic E-state index is 0.00719. The van der Waals surface area contributed by atoms with E-state index >= 15 is 0 Å². The monoisotopic (exact) mass is 524 g/mol. The predicted octanol–water partition coefficient (Wildman–Crippen LogP) is 6.41. The van der Waals surface area contributed by atoms with Crippen molar-refractivity contribution in [2.24, 2.45) is 17.1 Å². The van der Waals surface area contributed by atoms with E-state index in [0.717, 1.165) is 60.9 Å². The number of carbonyl (C=O) groups excluding carboxylic acids is 2. The maximum absolute atomic E-state index is 13.0. The number of rotatable bonds is 7. The summed E-state index contributed by atoms with van der Waals surface area (Å²) in [5, 5.41) is 6.26. The Morgan fingerprint density at radius 2 is 1.62 bits per heavy atom. The van der Waals surface area contributed by atoms with E-state index in [4.69, 9.17) is 10.7 Å². The zero-order chi connectivity index (χ0) is 27.6. The van der Waals surface area contributed by atoms with Crippen molar-refractivity contribution in [1.29, 1.82) is 0 Å². The van der Waals surface area contributed by atoms with E-state index in [9.17, 15) is 9.59 Å². The molecule has 2 amide bonds. The van der Waals surface area contributed by atoms with Gasteiger partial charge >= 0.3 is 0 Å². The number of hydrogen-bond donors (Lipinski definition) is 3. The average molecular weight is 525 g/mol. The van der Waals surface area contributed by atoms with Gasteiger partial charge in [-0.2, -0.15) is 0 Å². The highest BCUT2D eigenvalue weighted by atomic mass is 16.2. The summed E-state index contributed by atoms with van der Waals surface area (Å²) in [7, 11) is 0. The van der Waals surface area contributed by atoms with Crippen molar-refractivity contribution in [3.63, 3.8) is 0 Å². The third kappa shape index (κ3) is 6.56. The van der Waals surface area contributed by atoms with E-state index in [1.54, 1.807) is 6.20 Å². The van der Waals surface area contributed by atoms with Crippen molar-refractivity contribution in [2.45, 2.75) is 77.3 Å². The van der Waals surface area contributed by atoms with Crippen molar-refractivity contribution in [3.05, 3.63) is 72.4 Å². The lowest BCUT2D eigenvalue weighted by Gasteiger charge is -2.31. The summed E-state index contributed by atoms with van der Waals surface area (Å²) in [5.41, 5.74) is 11.6. The molecule has 2 aliphatic rings. The van der Waals surface area contributed by atoms with Crippen molar-refractivity contribution >= 4 is 17.5 Å². The number of nitrogens with zero attached hydrogens (tertiary/aromatic N) is 1. The maximum atomic E-state index is 13.0. The Morgan fingerprint density at radius 1 is 0.949 bits per heavy atom. The van der Waals surface area contributed by atoms with Gasteiger partial charge in [0, 0.05) is 34.5 Å². The quantitative estimate of drug-likeness (QED) is 0.333. The Kier molecular flexibility index (Phi) is 7.59. The van der Waals surface area contributed by atoms with Crippen LogP contribution < -0.4 is 16.4 Å². The molecule has 4 N–H and O–H groups in total. The molecule has 2 aliphatic carbocycles. The smallest absolute Gasteiger partial charge is 0.225 e. The lowest BCUT2D eigenvalue weighted by atomic mass is 9.83. The number of hydrogen-bond acceptors (Lipinski definition) is 4. The van der Waals surface area contributed by atoms with Gasteiger partial charge in [0.15, 0.2) is 0 Å². The summed E-state index contributed by atoms with van der Waals surface area (Å²) >= 11 is 0. The largest absolute Gasteiger partial charge is 0.353 e. The summed E-state index contributed by atoms with van der Waals surface area (Å²) < 4.78 is 0. The average Bonchev–Trinajstić information content (AvgIpc) is 3.68. The Bertz CT molecular complexity index is 1320. The minimum atomic E-state index is -0.383. The van der Waals surface area contributed by atoms with Crippen LogP contribution in [0.3, 0.4) is 0 Å². The summed E-state index contributed by atoms with van der Waals surface area (Å²) in [4.78, 5) is 30.1. The summed E-state index contributed by atoms with van der Waals surface area (Å²) in [6, 6.07) is 20.8. The Hall–Kier alpha value is -3.51. The Morgan fingerprint density at radius 3 is 2.23 bits per heavy atom. The Labute approximate surface area is 231 Å². The van der Waals surface area contributed by atoms with E-state index < -0.39 is 0 Å². The van der Waals surface area contributed by atoms with Crippen LogP contribution in [0.15, 0.2) is 66.9 Å². The number of anilines is 1. The van der Waals surface area contributed by atoms with Crippen molar-refractivity contribution < 1.29 is 9.59 Å². The molecule has 0 atom stereocenters. The molecule has 5 rings (SSSR count). The number of carbonyl (C=O) groups is 2. The number of amides is 2. The molecule has 204 valence electrons. The molecule has 0 bridgehead atoms. The minimum Gasteiger partial charge on any atom is -0.353 e. The number of benzene rings is 2. The van der Waals surface area contributed by atoms with E-state index in [1.165, 1.54) is 5.56 Å². The first-order chi connectivity index (χ1) is 18.6. The van der Waals surface area contributed by atoms with Gasteiger partial charge < -0.3 is 16.4 Å². The van der Waals surface area contributed by atoms with Crippen LogP contribution in [0.5, 0.6) is 0 Å². The number of nitrogens with one attached hydrogen (secondary N) is 2. The van der Waals surface area contributed by atoms with Gasteiger partial charge in [-0.1, -0.05) is 75.4 Å². The molecule has 6 nitrogen and oxygen atoms in total. The van der Waals surface area contributed by atoms with Gasteiger partial charge in [0.25, 0.3) is 0 Å². The zero-order valence-electron chi connectivity index (χ0n) is 23.3. The molecule has 1 aromatic heterocycles. The highest BCUT2D eigenvalue weighted by Gasteiger charge is 2.39. The van der Waals surface area contributed by atoms with Gasteiger partial charge in [0.1, 0.15) is 0 Å². The second kappa shape index (κ2) is 10.9. The van der Waals surface area contributed by atoms with Crippen LogP contribution in [-0.2, 0) is 15.1 Å². The zero-order valence-corrected chi connectivity index (χ0v) is 23.3. The van der Waals surface area contributed by atoms with Gasteiger partial charge in [-0.25, -0.2) is 0 Å². The summed E-state index contributed by atoms with van der Waals surface area (Å²) in [6.45, 7) is 5.80. The van der Waals surface area contributed by atoms with Crippen molar-refractivity contribution in [2.75, 3.05) is 5.32 Å². The van der Waals surface area contributed by atoms with Crippen LogP contribution in [0.1, 0.15) is 71.3 Å². The first-order valence-corrected chi connectivity index (χ1v) is 14.2. The molecule has 0 radical (unpaired) electrons.